The van der Waals surface area contributed by atoms with Gasteiger partial charge in [-0.1, -0.05) is 152 Å². The zero-order chi connectivity index (χ0) is 37.0. The lowest BCUT2D eigenvalue weighted by atomic mass is 9.93. The molecule has 0 atom stereocenters. The Bertz CT molecular complexity index is 3190. The van der Waals surface area contributed by atoms with E-state index in [0.29, 0.717) is 0 Å². The maximum absolute atomic E-state index is 6.83. The summed E-state index contributed by atoms with van der Waals surface area (Å²) in [5, 5.41) is 6.66. The van der Waals surface area contributed by atoms with Gasteiger partial charge in [0.25, 0.3) is 0 Å². The third-order valence-electron chi connectivity index (χ3n) is 10.8. The highest BCUT2D eigenvalue weighted by Gasteiger charge is 2.23. The third kappa shape index (κ3) is 5.23. The highest BCUT2D eigenvalue weighted by molar-refractivity contribution is 6.21. The summed E-state index contributed by atoms with van der Waals surface area (Å²) in [4.78, 5) is 13.1. The molecule has 2 heterocycles. The fourth-order valence-electron chi connectivity index (χ4n) is 8.23. The Balaban J connectivity index is 1.17. The Hall–Kier alpha value is -7.56. The smallest absolute Gasteiger partial charge is 0.160 e. The maximum atomic E-state index is 6.83. The van der Waals surface area contributed by atoms with Gasteiger partial charge in [0.15, 0.2) is 5.58 Å². The Morgan fingerprint density at radius 1 is 0.411 bits per heavy atom. The second kappa shape index (κ2) is 13.1. The van der Waals surface area contributed by atoms with Crippen LogP contribution < -0.4 is 4.90 Å². The first-order valence-corrected chi connectivity index (χ1v) is 18.9. The summed E-state index contributed by atoms with van der Waals surface area (Å²) in [6, 6.07) is 70.0. The van der Waals surface area contributed by atoms with E-state index in [0.717, 1.165) is 105 Å². The molecule has 0 radical (unpaired) electrons. The molecule has 9 aromatic carbocycles. The normalized spacial score (nSPS) is 11.6. The molecule has 11 rings (SSSR count). The van der Waals surface area contributed by atoms with Crippen molar-refractivity contribution < 1.29 is 4.42 Å². The lowest BCUT2D eigenvalue weighted by Gasteiger charge is -2.26. The van der Waals surface area contributed by atoms with Crippen molar-refractivity contribution in [2.75, 3.05) is 4.90 Å². The van der Waals surface area contributed by atoms with Gasteiger partial charge >= 0.3 is 0 Å². The van der Waals surface area contributed by atoms with Gasteiger partial charge < -0.3 is 9.32 Å². The molecule has 4 nitrogen and oxygen atoms in total. The van der Waals surface area contributed by atoms with Gasteiger partial charge in [-0.25, -0.2) is 9.97 Å². The van der Waals surface area contributed by atoms with Crippen LogP contribution in [0.25, 0.3) is 88.2 Å². The van der Waals surface area contributed by atoms with Crippen LogP contribution in [0.4, 0.5) is 17.1 Å². The van der Waals surface area contributed by atoms with E-state index >= 15 is 0 Å². The van der Waals surface area contributed by atoms with Crippen LogP contribution in [-0.4, -0.2) is 9.97 Å². The summed E-state index contributed by atoms with van der Waals surface area (Å²) in [6.07, 6.45) is 0. The van der Waals surface area contributed by atoms with Crippen LogP contribution in [0.15, 0.2) is 205 Å². The number of anilines is 3. The van der Waals surface area contributed by atoms with Crippen molar-refractivity contribution in [2.45, 2.75) is 0 Å². The summed E-state index contributed by atoms with van der Waals surface area (Å²) in [7, 11) is 0. The summed E-state index contributed by atoms with van der Waals surface area (Å²) in [5.41, 5.74) is 12.6. The van der Waals surface area contributed by atoms with E-state index in [4.69, 9.17) is 14.4 Å². The quantitative estimate of drug-likeness (QED) is 0.161. The molecule has 0 aliphatic rings. The Labute approximate surface area is 323 Å². The Kier molecular flexibility index (Phi) is 7.46. The topological polar surface area (TPSA) is 42.2 Å². The van der Waals surface area contributed by atoms with Crippen molar-refractivity contribution in [1.82, 2.24) is 9.97 Å². The minimum atomic E-state index is 0.840. The van der Waals surface area contributed by atoms with Crippen LogP contribution in [0.3, 0.4) is 0 Å². The minimum Gasteiger partial charge on any atom is -0.454 e. The number of para-hydroxylation sites is 3. The SMILES string of the molecule is c1ccc(-c2nc3ccc4ccc5ccc(-c6ccc(N(c7ccccc7)c7ccccc7)c7oc8ccccc8c67)cc5c4c3nc2-c2ccccc2)cc1. The average molecular weight is 716 g/mol. The van der Waals surface area contributed by atoms with E-state index in [2.05, 4.69) is 187 Å². The molecule has 0 fully saturated rings. The van der Waals surface area contributed by atoms with Crippen LogP contribution in [0.5, 0.6) is 0 Å². The molecule has 0 saturated heterocycles. The van der Waals surface area contributed by atoms with Crippen molar-refractivity contribution in [2.24, 2.45) is 0 Å². The van der Waals surface area contributed by atoms with E-state index in [-0.39, 0.29) is 0 Å². The fourth-order valence-corrected chi connectivity index (χ4v) is 8.23. The van der Waals surface area contributed by atoms with Gasteiger partial charge in [0.2, 0.25) is 0 Å². The maximum Gasteiger partial charge on any atom is 0.160 e. The van der Waals surface area contributed by atoms with Crippen LogP contribution in [0.1, 0.15) is 0 Å². The van der Waals surface area contributed by atoms with E-state index in [1.165, 1.54) is 0 Å². The van der Waals surface area contributed by atoms with Crippen LogP contribution >= 0.6 is 0 Å². The number of nitrogens with zero attached hydrogens (tertiary/aromatic N) is 3. The van der Waals surface area contributed by atoms with Gasteiger partial charge in [0.1, 0.15) is 5.58 Å². The van der Waals surface area contributed by atoms with E-state index in [1.807, 2.05) is 18.2 Å². The average Bonchev–Trinajstić information content (AvgIpc) is 3.67. The molecular weight excluding hydrogens is 683 g/mol. The first kappa shape index (κ1) is 31.9. The predicted octanol–water partition coefficient (Wildman–Crippen LogP) is 14.3. The van der Waals surface area contributed by atoms with E-state index in [1.54, 1.807) is 0 Å². The molecule has 0 unspecified atom stereocenters. The molecule has 0 aliphatic heterocycles. The first-order valence-electron chi connectivity index (χ1n) is 18.9. The standard InChI is InChI=1S/C52H33N3O/c1-5-15-36(16-6-1)49-50(37-17-7-2-8-18-37)54-51-44(53-49)31-29-35-27-25-34-26-28-38(33-43(34)47(35)51)41-30-32-45(52-48(41)42-23-13-14-24-46(42)56-52)55(39-19-9-3-10-20-39)40-21-11-4-12-22-40/h1-33H. The van der Waals surface area contributed by atoms with E-state index in [9.17, 15) is 0 Å². The van der Waals surface area contributed by atoms with Gasteiger partial charge in [-0.2, -0.15) is 0 Å². The fraction of sp³-hybridized carbons (Fsp3) is 0. The van der Waals surface area contributed by atoms with Crippen molar-refractivity contribution in [1.29, 1.82) is 0 Å². The second-order valence-electron chi connectivity index (χ2n) is 14.1. The van der Waals surface area contributed by atoms with Crippen molar-refractivity contribution in [3.8, 4) is 33.6 Å². The highest BCUT2D eigenvalue weighted by Crippen LogP contribution is 2.46. The second-order valence-corrected chi connectivity index (χ2v) is 14.1. The molecule has 0 N–H and O–H groups in total. The molecule has 262 valence electrons. The molecule has 11 aromatic rings. The number of fused-ring (bicyclic) bond motifs is 8. The zero-order valence-electron chi connectivity index (χ0n) is 30.3. The monoisotopic (exact) mass is 715 g/mol. The van der Waals surface area contributed by atoms with Gasteiger partial charge in [-0.05, 0) is 75.8 Å². The number of rotatable bonds is 6. The van der Waals surface area contributed by atoms with Crippen LogP contribution in [0.2, 0.25) is 0 Å². The Morgan fingerprint density at radius 2 is 0.982 bits per heavy atom. The number of hydrogen-bond acceptors (Lipinski definition) is 4. The molecule has 0 spiro atoms. The summed E-state index contributed by atoms with van der Waals surface area (Å²) in [5.74, 6) is 0. The van der Waals surface area contributed by atoms with E-state index < -0.39 is 0 Å². The van der Waals surface area contributed by atoms with Crippen molar-refractivity contribution >= 4 is 71.6 Å². The molecular formula is C52H33N3O. The lowest BCUT2D eigenvalue weighted by molar-refractivity contribution is 0.669. The largest absolute Gasteiger partial charge is 0.454 e. The number of aromatic nitrogens is 2. The van der Waals surface area contributed by atoms with Crippen LogP contribution in [-0.2, 0) is 0 Å². The number of hydrogen-bond donors (Lipinski definition) is 0. The molecule has 0 aliphatic carbocycles. The van der Waals surface area contributed by atoms with Crippen molar-refractivity contribution in [3.05, 3.63) is 200 Å². The first-order chi connectivity index (χ1) is 27.8. The molecule has 0 saturated carbocycles. The highest BCUT2D eigenvalue weighted by atomic mass is 16.3. The summed E-state index contributed by atoms with van der Waals surface area (Å²) < 4.78 is 6.83. The molecule has 0 amide bonds. The minimum absolute atomic E-state index is 0.840. The third-order valence-corrected chi connectivity index (χ3v) is 10.8. The van der Waals surface area contributed by atoms with Gasteiger partial charge in [-0.3, -0.25) is 0 Å². The number of furan rings is 1. The molecule has 56 heavy (non-hydrogen) atoms. The Morgan fingerprint density at radius 3 is 1.68 bits per heavy atom. The van der Waals surface area contributed by atoms with Gasteiger partial charge in [-0.15, -0.1) is 0 Å². The van der Waals surface area contributed by atoms with Gasteiger partial charge in [0, 0.05) is 38.7 Å². The van der Waals surface area contributed by atoms with Gasteiger partial charge in [0.05, 0.1) is 28.1 Å². The number of benzene rings is 9. The molecule has 4 heteroatoms. The summed E-state index contributed by atoms with van der Waals surface area (Å²) >= 11 is 0. The van der Waals surface area contributed by atoms with Crippen molar-refractivity contribution in [3.63, 3.8) is 0 Å². The molecule has 0 bridgehead atoms. The molecule has 2 aromatic heterocycles. The zero-order valence-corrected chi connectivity index (χ0v) is 30.3. The predicted molar refractivity (Wildman–Crippen MR) is 233 cm³/mol. The summed E-state index contributed by atoms with van der Waals surface area (Å²) in [6.45, 7) is 0. The van der Waals surface area contributed by atoms with Crippen LogP contribution in [0, 0.1) is 0 Å². The lowest BCUT2D eigenvalue weighted by Crippen LogP contribution is -2.10.